The van der Waals surface area contributed by atoms with Gasteiger partial charge in [-0.1, -0.05) is 63.8 Å². The minimum atomic E-state index is -3.22. The van der Waals surface area contributed by atoms with Crippen LogP contribution in [0.2, 0.25) is 0 Å². The van der Waals surface area contributed by atoms with E-state index >= 15 is 0 Å². The Morgan fingerprint density at radius 1 is 1.08 bits per heavy atom. The number of rotatable bonds is 13. The summed E-state index contributed by atoms with van der Waals surface area (Å²) in [7, 11) is -3.22. The standard InChI is InChI=1S/C20H34N2O2S/c1-4-6-7-8-10-16-22(5-2)17-11-9-13-19-14-12-15-20(18-19)21-25(3,23)24/h9,11-12,14-15,18,21H,4-8,10,13,16-17H2,1-3H3/b11-9+. The smallest absolute Gasteiger partial charge is 0.229 e. The van der Waals surface area contributed by atoms with Gasteiger partial charge in [-0.2, -0.15) is 0 Å². The van der Waals surface area contributed by atoms with E-state index in [2.05, 4.69) is 35.6 Å². The van der Waals surface area contributed by atoms with Crippen LogP contribution in [0.4, 0.5) is 5.69 Å². The van der Waals surface area contributed by atoms with Gasteiger partial charge in [-0.15, -0.1) is 0 Å². The quantitative estimate of drug-likeness (QED) is 0.414. The number of hydrogen-bond donors (Lipinski definition) is 1. The molecule has 0 heterocycles. The van der Waals surface area contributed by atoms with Crippen molar-refractivity contribution in [1.82, 2.24) is 4.90 Å². The van der Waals surface area contributed by atoms with Crippen LogP contribution in [0.25, 0.3) is 0 Å². The first kappa shape index (κ1) is 21.7. The SMILES string of the molecule is CCCCCCCN(CC)C/C=C/Cc1cccc(NS(C)(=O)=O)c1. The fourth-order valence-electron chi connectivity index (χ4n) is 2.74. The molecule has 0 amide bonds. The zero-order chi connectivity index (χ0) is 18.5. The summed E-state index contributed by atoms with van der Waals surface area (Å²) in [4.78, 5) is 2.46. The molecule has 1 rings (SSSR count). The van der Waals surface area contributed by atoms with E-state index in [-0.39, 0.29) is 0 Å². The average molecular weight is 367 g/mol. The molecule has 0 unspecified atom stereocenters. The number of allylic oxidation sites excluding steroid dienone is 1. The zero-order valence-corrected chi connectivity index (χ0v) is 16.8. The molecule has 1 N–H and O–H groups in total. The van der Waals surface area contributed by atoms with E-state index in [0.717, 1.165) is 31.6 Å². The third kappa shape index (κ3) is 11.0. The van der Waals surface area contributed by atoms with Crippen molar-refractivity contribution in [2.24, 2.45) is 0 Å². The lowest BCUT2D eigenvalue weighted by Gasteiger charge is -2.18. The second kappa shape index (κ2) is 12.1. The first-order valence-corrected chi connectivity index (χ1v) is 11.3. The molecule has 0 aliphatic rings. The molecule has 25 heavy (non-hydrogen) atoms. The summed E-state index contributed by atoms with van der Waals surface area (Å²) >= 11 is 0. The molecule has 1 aromatic carbocycles. The molecule has 142 valence electrons. The summed E-state index contributed by atoms with van der Waals surface area (Å²) in [6.07, 6.45) is 13.0. The highest BCUT2D eigenvalue weighted by atomic mass is 32.2. The molecular formula is C20H34N2O2S. The molecule has 0 saturated heterocycles. The van der Waals surface area contributed by atoms with Crippen LogP contribution in [0, 0.1) is 0 Å². The second-order valence-corrected chi connectivity index (χ2v) is 8.31. The van der Waals surface area contributed by atoms with Crippen molar-refractivity contribution in [3.05, 3.63) is 42.0 Å². The Bertz CT molecular complexity index is 612. The molecule has 0 saturated carbocycles. The summed E-state index contributed by atoms with van der Waals surface area (Å²) in [6, 6.07) is 7.55. The Hall–Kier alpha value is -1.33. The van der Waals surface area contributed by atoms with E-state index in [4.69, 9.17) is 0 Å². The Balaban J connectivity index is 2.37. The highest BCUT2D eigenvalue weighted by Crippen LogP contribution is 2.12. The topological polar surface area (TPSA) is 49.4 Å². The maximum Gasteiger partial charge on any atom is 0.229 e. The van der Waals surface area contributed by atoms with E-state index in [1.807, 2.05) is 18.2 Å². The summed E-state index contributed by atoms with van der Waals surface area (Å²) in [5, 5.41) is 0. The lowest BCUT2D eigenvalue weighted by atomic mass is 10.1. The summed E-state index contributed by atoms with van der Waals surface area (Å²) in [6.45, 7) is 7.67. The van der Waals surface area contributed by atoms with Crippen molar-refractivity contribution in [2.75, 3.05) is 30.6 Å². The minimum Gasteiger partial charge on any atom is -0.300 e. The summed E-state index contributed by atoms with van der Waals surface area (Å²) in [5.74, 6) is 0. The van der Waals surface area contributed by atoms with Gasteiger partial charge < -0.3 is 0 Å². The number of sulfonamides is 1. The van der Waals surface area contributed by atoms with Crippen LogP contribution in [0.5, 0.6) is 0 Å². The van der Waals surface area contributed by atoms with Crippen molar-refractivity contribution >= 4 is 15.7 Å². The van der Waals surface area contributed by atoms with E-state index in [1.165, 1.54) is 38.4 Å². The summed E-state index contributed by atoms with van der Waals surface area (Å²) in [5.41, 5.74) is 1.73. The molecule has 1 aromatic rings. The van der Waals surface area contributed by atoms with Crippen LogP contribution in [-0.4, -0.2) is 39.2 Å². The molecule has 0 fully saturated rings. The van der Waals surface area contributed by atoms with Crippen LogP contribution in [-0.2, 0) is 16.4 Å². The lowest BCUT2D eigenvalue weighted by Crippen LogP contribution is -2.24. The van der Waals surface area contributed by atoms with Crippen LogP contribution in [0.1, 0.15) is 51.5 Å². The predicted octanol–water partition coefficient (Wildman–Crippen LogP) is 4.45. The number of nitrogens with one attached hydrogen (secondary N) is 1. The van der Waals surface area contributed by atoms with Gasteiger partial charge in [0.25, 0.3) is 0 Å². The number of likely N-dealkylation sites (N-methyl/N-ethyl adjacent to an activating group) is 1. The van der Waals surface area contributed by atoms with Gasteiger partial charge in [0.15, 0.2) is 0 Å². The van der Waals surface area contributed by atoms with Gasteiger partial charge in [-0.05, 0) is 43.6 Å². The molecule has 0 bridgehead atoms. The van der Waals surface area contributed by atoms with Gasteiger partial charge in [0.2, 0.25) is 10.0 Å². The molecule has 0 aliphatic heterocycles. The summed E-state index contributed by atoms with van der Waals surface area (Å²) < 4.78 is 25.1. The first-order chi connectivity index (χ1) is 11.9. The maximum atomic E-state index is 11.3. The molecule has 0 radical (unpaired) electrons. The highest BCUT2D eigenvalue weighted by Gasteiger charge is 2.02. The Labute approximate surface area is 154 Å². The number of nitrogens with zero attached hydrogens (tertiary/aromatic N) is 1. The minimum absolute atomic E-state index is 0.621. The molecule has 0 aromatic heterocycles. The van der Waals surface area contributed by atoms with Crippen LogP contribution >= 0.6 is 0 Å². The van der Waals surface area contributed by atoms with E-state index in [0.29, 0.717) is 5.69 Å². The maximum absolute atomic E-state index is 11.3. The predicted molar refractivity (Wildman–Crippen MR) is 109 cm³/mol. The molecule has 0 aliphatic carbocycles. The van der Waals surface area contributed by atoms with Crippen molar-refractivity contribution in [3.8, 4) is 0 Å². The molecule has 5 heteroatoms. The van der Waals surface area contributed by atoms with Gasteiger partial charge in [0.1, 0.15) is 0 Å². The third-order valence-electron chi connectivity index (χ3n) is 4.14. The molecule has 0 atom stereocenters. The third-order valence-corrected chi connectivity index (χ3v) is 4.75. The average Bonchev–Trinajstić information content (AvgIpc) is 2.55. The number of anilines is 1. The highest BCUT2D eigenvalue weighted by molar-refractivity contribution is 7.92. The van der Waals surface area contributed by atoms with E-state index in [1.54, 1.807) is 6.07 Å². The lowest BCUT2D eigenvalue weighted by molar-refractivity contribution is 0.309. The van der Waals surface area contributed by atoms with Gasteiger partial charge in [0.05, 0.1) is 6.26 Å². The molecular weight excluding hydrogens is 332 g/mol. The van der Waals surface area contributed by atoms with Gasteiger partial charge in [-0.25, -0.2) is 8.42 Å². The Morgan fingerprint density at radius 3 is 2.52 bits per heavy atom. The number of benzene rings is 1. The van der Waals surface area contributed by atoms with Gasteiger partial charge in [-0.3, -0.25) is 9.62 Å². The van der Waals surface area contributed by atoms with E-state index < -0.39 is 10.0 Å². The number of hydrogen-bond acceptors (Lipinski definition) is 3. The van der Waals surface area contributed by atoms with Crippen molar-refractivity contribution in [2.45, 2.75) is 52.4 Å². The molecule has 4 nitrogen and oxygen atoms in total. The van der Waals surface area contributed by atoms with Gasteiger partial charge in [0, 0.05) is 12.2 Å². The zero-order valence-electron chi connectivity index (χ0n) is 16.0. The fraction of sp³-hybridized carbons (Fsp3) is 0.600. The van der Waals surface area contributed by atoms with Gasteiger partial charge >= 0.3 is 0 Å². The van der Waals surface area contributed by atoms with Crippen LogP contribution in [0.15, 0.2) is 36.4 Å². The van der Waals surface area contributed by atoms with E-state index in [9.17, 15) is 8.42 Å². The van der Waals surface area contributed by atoms with Crippen molar-refractivity contribution < 1.29 is 8.42 Å². The fourth-order valence-corrected chi connectivity index (χ4v) is 3.29. The van der Waals surface area contributed by atoms with Crippen LogP contribution in [0.3, 0.4) is 0 Å². The first-order valence-electron chi connectivity index (χ1n) is 9.38. The van der Waals surface area contributed by atoms with Crippen LogP contribution < -0.4 is 4.72 Å². The number of unbranched alkanes of at least 4 members (excludes halogenated alkanes) is 4. The normalized spacial score (nSPS) is 12.2. The second-order valence-electron chi connectivity index (χ2n) is 6.56. The van der Waals surface area contributed by atoms with Crippen molar-refractivity contribution in [3.63, 3.8) is 0 Å². The Morgan fingerprint density at radius 2 is 1.84 bits per heavy atom. The van der Waals surface area contributed by atoms with Crippen molar-refractivity contribution in [1.29, 1.82) is 0 Å². The molecule has 0 spiro atoms. The Kier molecular flexibility index (Phi) is 10.5. The largest absolute Gasteiger partial charge is 0.300 e. The monoisotopic (exact) mass is 366 g/mol.